The molecule has 21 heavy (non-hydrogen) atoms. The predicted molar refractivity (Wildman–Crippen MR) is 71.7 cm³/mol. The molecular formula is C11H17N3O6P+. The Labute approximate surface area is 120 Å². The standard InChI is InChI=1S/C11H16N3O6P/c12-6-10(15)14-9(11(13)16)5-7-1-3-8(4-2-7)20-21(17,18)19/h1-4,9H,5-6,12H2,(H2,13,16)(H,14,15)(H2,17,18,19)/p+1. The maximum atomic E-state index is 11.3. The Morgan fingerprint density at radius 1 is 1.33 bits per heavy atom. The maximum Gasteiger partial charge on any atom is 0.524 e. The molecule has 10 heteroatoms. The first-order valence-electron chi connectivity index (χ1n) is 5.93. The van der Waals surface area contributed by atoms with Crippen molar-refractivity contribution >= 4 is 19.6 Å². The molecule has 1 aromatic carbocycles. The lowest BCUT2D eigenvalue weighted by Gasteiger charge is -2.14. The van der Waals surface area contributed by atoms with Gasteiger partial charge in [0, 0.05) is 6.42 Å². The van der Waals surface area contributed by atoms with Crippen LogP contribution in [-0.4, -0.2) is 34.2 Å². The summed E-state index contributed by atoms with van der Waals surface area (Å²) >= 11 is 0. The van der Waals surface area contributed by atoms with Crippen molar-refractivity contribution in [1.82, 2.24) is 5.32 Å². The molecule has 1 rings (SSSR count). The van der Waals surface area contributed by atoms with E-state index in [-0.39, 0.29) is 18.7 Å². The summed E-state index contributed by atoms with van der Waals surface area (Å²) in [6.07, 6.45) is 0.150. The summed E-state index contributed by atoms with van der Waals surface area (Å²) in [5.74, 6) is -1.10. The highest BCUT2D eigenvalue weighted by atomic mass is 31.2. The van der Waals surface area contributed by atoms with Crippen molar-refractivity contribution < 1.29 is 34.2 Å². The van der Waals surface area contributed by atoms with Crippen molar-refractivity contribution in [2.24, 2.45) is 5.73 Å². The highest BCUT2D eigenvalue weighted by Crippen LogP contribution is 2.37. The van der Waals surface area contributed by atoms with Crippen LogP contribution < -0.4 is 21.3 Å². The molecule has 8 N–H and O–H groups in total. The molecule has 0 heterocycles. The Morgan fingerprint density at radius 3 is 2.33 bits per heavy atom. The van der Waals surface area contributed by atoms with E-state index in [0.717, 1.165) is 0 Å². The summed E-state index contributed by atoms with van der Waals surface area (Å²) in [4.78, 5) is 39.8. The second-order valence-electron chi connectivity index (χ2n) is 4.20. The van der Waals surface area contributed by atoms with E-state index >= 15 is 0 Å². The molecule has 2 amide bonds. The molecule has 0 aromatic heterocycles. The number of carbonyl (C=O) groups is 2. The van der Waals surface area contributed by atoms with E-state index in [9.17, 15) is 14.2 Å². The van der Waals surface area contributed by atoms with Crippen molar-refractivity contribution in [3.63, 3.8) is 0 Å². The first-order valence-corrected chi connectivity index (χ1v) is 7.46. The molecular weight excluding hydrogens is 301 g/mol. The van der Waals surface area contributed by atoms with Crippen LogP contribution in [0.4, 0.5) is 0 Å². The van der Waals surface area contributed by atoms with E-state index in [1.165, 1.54) is 24.3 Å². The van der Waals surface area contributed by atoms with Crippen LogP contribution >= 0.6 is 7.82 Å². The van der Waals surface area contributed by atoms with Crippen LogP contribution in [0.15, 0.2) is 24.3 Å². The lowest BCUT2D eigenvalue weighted by Crippen LogP contribution is -2.60. The molecule has 1 atom stereocenters. The molecule has 1 unspecified atom stereocenters. The van der Waals surface area contributed by atoms with Gasteiger partial charge in [-0.2, -0.15) is 0 Å². The Bertz CT molecular complexity index is 556. The number of nitrogens with one attached hydrogen (secondary N) is 1. The Kier molecular flexibility index (Phi) is 5.86. The molecule has 0 spiro atoms. The van der Waals surface area contributed by atoms with E-state index in [0.29, 0.717) is 5.56 Å². The molecule has 0 fully saturated rings. The lowest BCUT2D eigenvalue weighted by atomic mass is 10.1. The van der Waals surface area contributed by atoms with Crippen LogP contribution in [0.25, 0.3) is 0 Å². The van der Waals surface area contributed by atoms with Gasteiger partial charge >= 0.3 is 7.82 Å². The number of nitrogens with two attached hydrogens (primary N) is 1. The van der Waals surface area contributed by atoms with Crippen LogP contribution in [0.2, 0.25) is 0 Å². The molecule has 9 nitrogen and oxygen atoms in total. The van der Waals surface area contributed by atoms with Crippen molar-refractivity contribution in [3.8, 4) is 5.75 Å². The van der Waals surface area contributed by atoms with E-state index in [1.54, 1.807) is 0 Å². The van der Waals surface area contributed by atoms with E-state index in [1.807, 2.05) is 0 Å². The molecule has 0 saturated heterocycles. The number of hydrogen-bond donors (Lipinski definition) is 5. The molecule has 0 aliphatic heterocycles. The highest BCUT2D eigenvalue weighted by Gasteiger charge is 2.19. The number of primary amides is 1. The number of phosphoric acid groups is 1. The van der Waals surface area contributed by atoms with Crippen LogP contribution in [0, 0.1) is 0 Å². The first-order chi connectivity index (χ1) is 9.71. The zero-order chi connectivity index (χ0) is 16.0. The van der Waals surface area contributed by atoms with Gasteiger partial charge in [-0.05, 0) is 17.7 Å². The number of phosphoric ester groups is 1. The van der Waals surface area contributed by atoms with Crippen molar-refractivity contribution in [1.29, 1.82) is 0 Å². The van der Waals surface area contributed by atoms with Gasteiger partial charge in [0.25, 0.3) is 5.91 Å². The number of rotatable bonds is 7. The van der Waals surface area contributed by atoms with Crippen LogP contribution in [0.1, 0.15) is 5.56 Å². The Balaban J connectivity index is 2.74. The van der Waals surface area contributed by atoms with E-state index in [4.69, 9.17) is 15.5 Å². The summed E-state index contributed by atoms with van der Waals surface area (Å²) in [6, 6.07) is 4.83. The Morgan fingerprint density at radius 2 is 1.90 bits per heavy atom. The third-order valence-electron chi connectivity index (χ3n) is 2.49. The van der Waals surface area contributed by atoms with Crippen molar-refractivity contribution in [3.05, 3.63) is 29.8 Å². The Hall–Kier alpha value is -1.93. The largest absolute Gasteiger partial charge is 0.524 e. The second kappa shape index (κ2) is 7.19. The zero-order valence-corrected chi connectivity index (χ0v) is 12.0. The quantitative estimate of drug-likeness (QED) is 0.361. The van der Waals surface area contributed by atoms with Gasteiger partial charge in [-0.15, -0.1) is 0 Å². The van der Waals surface area contributed by atoms with Gasteiger partial charge in [-0.1, -0.05) is 12.1 Å². The molecule has 0 aliphatic carbocycles. The van der Waals surface area contributed by atoms with Gasteiger partial charge in [0.2, 0.25) is 5.91 Å². The summed E-state index contributed by atoms with van der Waals surface area (Å²) in [7, 11) is -4.61. The van der Waals surface area contributed by atoms with Crippen LogP contribution in [0.3, 0.4) is 0 Å². The van der Waals surface area contributed by atoms with E-state index < -0.39 is 25.7 Å². The van der Waals surface area contributed by atoms with Gasteiger partial charge < -0.3 is 21.3 Å². The number of benzene rings is 1. The SMILES string of the molecule is NC(=O)C(Cc1ccc(OP(=O)(O)O)cc1)NC(=O)C[NH3+]. The minimum atomic E-state index is -4.61. The van der Waals surface area contributed by atoms with Gasteiger partial charge in [0.15, 0.2) is 6.54 Å². The molecule has 1 aromatic rings. The summed E-state index contributed by atoms with van der Waals surface area (Å²) in [5, 5.41) is 2.44. The third kappa shape index (κ3) is 6.37. The minimum absolute atomic E-state index is 0.00972. The van der Waals surface area contributed by atoms with Gasteiger partial charge in [0.05, 0.1) is 0 Å². The lowest BCUT2D eigenvalue weighted by molar-refractivity contribution is -0.355. The molecule has 0 saturated carbocycles. The fourth-order valence-electron chi connectivity index (χ4n) is 1.55. The van der Waals surface area contributed by atoms with Crippen LogP contribution in [-0.2, 0) is 20.6 Å². The normalized spacial score (nSPS) is 12.5. The number of hydrogen-bond acceptors (Lipinski definition) is 4. The number of quaternary nitrogens is 1. The first kappa shape index (κ1) is 17.1. The highest BCUT2D eigenvalue weighted by molar-refractivity contribution is 7.46. The number of amides is 2. The van der Waals surface area contributed by atoms with Crippen molar-refractivity contribution in [2.45, 2.75) is 12.5 Å². The smallest absolute Gasteiger partial charge is 0.404 e. The molecule has 0 bridgehead atoms. The molecule has 116 valence electrons. The fourth-order valence-corrected chi connectivity index (χ4v) is 1.95. The number of carbonyl (C=O) groups excluding carboxylic acids is 2. The maximum absolute atomic E-state index is 11.3. The molecule has 0 radical (unpaired) electrons. The fraction of sp³-hybridized carbons (Fsp3) is 0.273. The zero-order valence-electron chi connectivity index (χ0n) is 11.1. The van der Waals surface area contributed by atoms with Gasteiger partial charge in [-0.25, -0.2) is 4.57 Å². The summed E-state index contributed by atoms with van der Waals surface area (Å²) < 4.78 is 15.1. The average molecular weight is 318 g/mol. The van der Waals surface area contributed by atoms with Crippen molar-refractivity contribution in [2.75, 3.05) is 6.54 Å². The van der Waals surface area contributed by atoms with E-state index in [2.05, 4.69) is 15.6 Å². The van der Waals surface area contributed by atoms with Gasteiger partial charge in [0.1, 0.15) is 11.8 Å². The topological polar surface area (TPSA) is 167 Å². The van der Waals surface area contributed by atoms with Crippen LogP contribution in [0.5, 0.6) is 5.75 Å². The summed E-state index contributed by atoms with van der Waals surface area (Å²) in [6.45, 7) is -0.0150. The van der Waals surface area contributed by atoms with Gasteiger partial charge in [-0.3, -0.25) is 19.4 Å². The summed E-state index contributed by atoms with van der Waals surface area (Å²) in [5.41, 5.74) is 9.24. The predicted octanol–water partition coefficient (Wildman–Crippen LogP) is -2.09. The monoisotopic (exact) mass is 318 g/mol. The minimum Gasteiger partial charge on any atom is -0.404 e. The average Bonchev–Trinajstić information content (AvgIpc) is 2.38. The molecule has 0 aliphatic rings. The third-order valence-corrected chi connectivity index (χ3v) is 2.94. The second-order valence-corrected chi connectivity index (χ2v) is 5.37.